The van der Waals surface area contributed by atoms with Gasteiger partial charge in [0.05, 0.1) is 6.04 Å². The summed E-state index contributed by atoms with van der Waals surface area (Å²) < 4.78 is 11.8. The number of rotatable bonds is 7. The second-order valence-corrected chi connectivity index (χ2v) is 9.06. The molecule has 0 spiro atoms. The van der Waals surface area contributed by atoms with Crippen molar-refractivity contribution in [1.29, 1.82) is 0 Å². The van der Waals surface area contributed by atoms with E-state index in [4.69, 9.17) is 9.47 Å². The number of nitrogens with one attached hydrogen (secondary N) is 1. The van der Waals surface area contributed by atoms with Gasteiger partial charge in [0.2, 0.25) is 0 Å². The highest BCUT2D eigenvalue weighted by atomic mass is 16.5. The van der Waals surface area contributed by atoms with E-state index in [1.807, 2.05) is 30.3 Å². The molecular formula is C29H31NO2. The average Bonchev–Trinajstić information content (AvgIpc) is 3.32. The number of benzene rings is 3. The largest absolute Gasteiger partial charge is 0.490 e. The van der Waals surface area contributed by atoms with E-state index in [2.05, 4.69) is 73.8 Å². The summed E-state index contributed by atoms with van der Waals surface area (Å²) in [6, 6.07) is 25.8. The van der Waals surface area contributed by atoms with Gasteiger partial charge >= 0.3 is 0 Å². The van der Waals surface area contributed by atoms with Crippen LogP contribution in [0, 0.1) is 5.92 Å². The van der Waals surface area contributed by atoms with Gasteiger partial charge in [0.25, 0.3) is 0 Å². The van der Waals surface area contributed by atoms with Crippen LogP contribution in [0.3, 0.4) is 0 Å². The van der Waals surface area contributed by atoms with Crippen molar-refractivity contribution >= 4 is 5.69 Å². The first-order valence-corrected chi connectivity index (χ1v) is 11.7. The first-order valence-electron chi connectivity index (χ1n) is 11.7. The molecule has 0 amide bonds. The Balaban J connectivity index is 1.28. The van der Waals surface area contributed by atoms with Crippen molar-refractivity contribution in [3.8, 4) is 11.5 Å². The highest BCUT2D eigenvalue weighted by Gasteiger charge is 2.38. The quantitative estimate of drug-likeness (QED) is 0.324. The summed E-state index contributed by atoms with van der Waals surface area (Å²) in [6.45, 7) is 5.54. The molecule has 1 aliphatic carbocycles. The molecule has 3 nitrogen and oxygen atoms in total. The van der Waals surface area contributed by atoms with E-state index in [0.717, 1.165) is 17.9 Å². The maximum absolute atomic E-state index is 6.01. The molecule has 0 aromatic heterocycles. The van der Waals surface area contributed by atoms with Crippen LogP contribution >= 0.6 is 0 Å². The molecule has 1 N–H and O–H groups in total. The van der Waals surface area contributed by atoms with Crippen molar-refractivity contribution in [2.75, 3.05) is 18.5 Å². The van der Waals surface area contributed by atoms with E-state index >= 15 is 0 Å². The summed E-state index contributed by atoms with van der Waals surface area (Å²) in [5.41, 5.74) is 5.31. The Kier molecular flexibility index (Phi) is 5.89. The van der Waals surface area contributed by atoms with Crippen molar-refractivity contribution in [2.45, 2.75) is 38.1 Å². The predicted molar refractivity (Wildman–Crippen MR) is 131 cm³/mol. The SMILES string of the molecule is CC(C)c1ccc(C2Nc3ccc(OCCOc4ccccc4)cc3C3C=CCC32)cc1. The summed E-state index contributed by atoms with van der Waals surface area (Å²) in [5.74, 6) is 3.29. The van der Waals surface area contributed by atoms with Crippen LogP contribution in [-0.4, -0.2) is 13.2 Å². The molecule has 3 unspecified atom stereocenters. The maximum Gasteiger partial charge on any atom is 0.122 e. The minimum atomic E-state index is 0.328. The van der Waals surface area contributed by atoms with Gasteiger partial charge in [0.1, 0.15) is 24.7 Å². The fraction of sp³-hybridized carbons (Fsp3) is 0.310. The standard InChI is InChI=1S/C29H31NO2/c1-20(2)21-11-13-22(14-12-21)29-26-10-6-9-25(26)27-19-24(15-16-28(27)30-29)32-18-17-31-23-7-4-3-5-8-23/h3-9,11-16,19-20,25-26,29-30H,10,17-18H2,1-2H3. The van der Waals surface area contributed by atoms with E-state index in [0.29, 0.717) is 37.0 Å². The molecule has 32 heavy (non-hydrogen) atoms. The Morgan fingerprint density at radius 2 is 1.62 bits per heavy atom. The van der Waals surface area contributed by atoms with Crippen LogP contribution in [-0.2, 0) is 0 Å². The minimum Gasteiger partial charge on any atom is -0.490 e. The normalized spacial score (nSPS) is 21.0. The number of fused-ring (bicyclic) bond motifs is 3. The summed E-state index contributed by atoms with van der Waals surface area (Å²) >= 11 is 0. The van der Waals surface area contributed by atoms with E-state index < -0.39 is 0 Å². The lowest BCUT2D eigenvalue weighted by Crippen LogP contribution is -2.29. The number of allylic oxidation sites excluding steroid dienone is 2. The molecule has 3 atom stereocenters. The summed E-state index contributed by atoms with van der Waals surface area (Å²) in [5, 5.41) is 3.83. The number of ether oxygens (including phenoxy) is 2. The third kappa shape index (κ3) is 4.25. The second-order valence-electron chi connectivity index (χ2n) is 9.06. The van der Waals surface area contributed by atoms with Crippen LogP contribution in [0.4, 0.5) is 5.69 Å². The number of hydrogen-bond donors (Lipinski definition) is 1. The summed E-state index contributed by atoms with van der Waals surface area (Å²) in [7, 11) is 0. The van der Waals surface area contributed by atoms with Gasteiger partial charge in [-0.1, -0.05) is 68.5 Å². The zero-order valence-electron chi connectivity index (χ0n) is 18.8. The van der Waals surface area contributed by atoms with Crippen molar-refractivity contribution in [1.82, 2.24) is 0 Å². The first-order chi connectivity index (χ1) is 15.7. The van der Waals surface area contributed by atoms with Gasteiger partial charge in [-0.2, -0.15) is 0 Å². The van der Waals surface area contributed by atoms with Gasteiger partial charge in [-0.05, 0) is 65.3 Å². The molecular weight excluding hydrogens is 394 g/mol. The van der Waals surface area contributed by atoms with Crippen LogP contribution in [0.15, 0.2) is 84.9 Å². The molecule has 3 aromatic rings. The van der Waals surface area contributed by atoms with Crippen molar-refractivity contribution in [3.63, 3.8) is 0 Å². The minimum absolute atomic E-state index is 0.328. The number of hydrogen-bond acceptors (Lipinski definition) is 3. The van der Waals surface area contributed by atoms with Crippen molar-refractivity contribution < 1.29 is 9.47 Å². The second kappa shape index (κ2) is 9.12. The molecule has 0 bridgehead atoms. The first kappa shape index (κ1) is 20.7. The van der Waals surface area contributed by atoms with Gasteiger partial charge in [-0.25, -0.2) is 0 Å². The number of para-hydroxylation sites is 1. The van der Waals surface area contributed by atoms with E-state index in [-0.39, 0.29) is 0 Å². The van der Waals surface area contributed by atoms with Crippen LogP contribution in [0.25, 0.3) is 0 Å². The zero-order chi connectivity index (χ0) is 21.9. The fourth-order valence-corrected chi connectivity index (χ4v) is 4.92. The molecule has 0 radical (unpaired) electrons. The Morgan fingerprint density at radius 3 is 2.38 bits per heavy atom. The molecule has 0 saturated carbocycles. The van der Waals surface area contributed by atoms with Crippen LogP contribution in [0.5, 0.6) is 11.5 Å². The fourth-order valence-electron chi connectivity index (χ4n) is 4.92. The Bertz CT molecular complexity index is 1070. The highest BCUT2D eigenvalue weighted by molar-refractivity contribution is 5.61. The van der Waals surface area contributed by atoms with Gasteiger partial charge < -0.3 is 14.8 Å². The van der Waals surface area contributed by atoms with Crippen molar-refractivity contribution in [2.24, 2.45) is 5.92 Å². The third-order valence-corrected chi connectivity index (χ3v) is 6.66. The lowest BCUT2D eigenvalue weighted by molar-refractivity contribution is 0.217. The lowest BCUT2D eigenvalue weighted by atomic mass is 9.77. The third-order valence-electron chi connectivity index (χ3n) is 6.66. The monoisotopic (exact) mass is 425 g/mol. The molecule has 0 saturated heterocycles. The molecule has 3 heteroatoms. The topological polar surface area (TPSA) is 30.5 Å². The predicted octanol–water partition coefficient (Wildman–Crippen LogP) is 7.09. The van der Waals surface area contributed by atoms with E-state index in [9.17, 15) is 0 Å². The Hall–Kier alpha value is -3.20. The van der Waals surface area contributed by atoms with Gasteiger partial charge in [-0.3, -0.25) is 0 Å². The highest BCUT2D eigenvalue weighted by Crippen LogP contribution is 2.50. The lowest BCUT2D eigenvalue weighted by Gasteiger charge is -2.37. The van der Waals surface area contributed by atoms with Gasteiger partial charge in [-0.15, -0.1) is 0 Å². The molecule has 3 aromatic carbocycles. The summed E-state index contributed by atoms with van der Waals surface area (Å²) in [6.07, 6.45) is 5.81. The summed E-state index contributed by atoms with van der Waals surface area (Å²) in [4.78, 5) is 0. The molecule has 1 heterocycles. The number of anilines is 1. The van der Waals surface area contributed by atoms with Gasteiger partial charge in [0.15, 0.2) is 0 Å². The molecule has 1 aliphatic heterocycles. The molecule has 5 rings (SSSR count). The van der Waals surface area contributed by atoms with Crippen LogP contribution < -0.4 is 14.8 Å². The Morgan fingerprint density at radius 1 is 0.875 bits per heavy atom. The average molecular weight is 426 g/mol. The Labute approximate surface area is 191 Å². The van der Waals surface area contributed by atoms with E-state index in [1.54, 1.807) is 0 Å². The smallest absolute Gasteiger partial charge is 0.122 e. The van der Waals surface area contributed by atoms with Crippen molar-refractivity contribution in [3.05, 3.63) is 102 Å². The molecule has 0 fully saturated rings. The molecule has 2 aliphatic rings. The molecule has 164 valence electrons. The van der Waals surface area contributed by atoms with E-state index in [1.165, 1.54) is 22.4 Å². The zero-order valence-corrected chi connectivity index (χ0v) is 18.8. The van der Waals surface area contributed by atoms with Gasteiger partial charge in [0, 0.05) is 11.6 Å². The maximum atomic E-state index is 6.01. The van der Waals surface area contributed by atoms with Crippen LogP contribution in [0.2, 0.25) is 0 Å². The van der Waals surface area contributed by atoms with Crippen LogP contribution in [0.1, 0.15) is 54.8 Å².